The van der Waals surface area contributed by atoms with Gasteiger partial charge in [0.15, 0.2) is 18.1 Å². The summed E-state index contributed by atoms with van der Waals surface area (Å²) < 4.78 is 8.72. The third-order valence-electron chi connectivity index (χ3n) is 1.74. The average molecular weight is 227 g/mol. The zero-order valence-corrected chi connectivity index (χ0v) is 8.26. The summed E-state index contributed by atoms with van der Waals surface area (Å²) in [7, 11) is 0. The smallest absolute Gasteiger partial charge is 0.361 e. The highest BCUT2D eigenvalue weighted by Crippen LogP contribution is 2.06. The molecule has 0 amide bonds. The topological polar surface area (TPSA) is 102 Å². The minimum absolute atomic E-state index is 0.0150. The van der Waals surface area contributed by atoms with E-state index >= 15 is 0 Å². The second-order valence-electron chi connectivity index (χ2n) is 3.00. The number of hydrogen-bond donors (Lipinski definition) is 1. The molecular weight excluding hydrogens is 218 g/mol. The molecule has 2 aliphatic rings. The van der Waals surface area contributed by atoms with Crippen molar-refractivity contribution in [3.05, 3.63) is 12.2 Å². The zero-order valence-electron chi connectivity index (χ0n) is 8.26. The predicted octanol–water partition coefficient (Wildman–Crippen LogP) is -0.568. The Morgan fingerprint density at radius 2 is 1.88 bits per heavy atom. The summed E-state index contributed by atoms with van der Waals surface area (Å²) in [4.78, 5) is 30.6. The van der Waals surface area contributed by atoms with Crippen LogP contribution in [0.3, 0.4) is 0 Å². The van der Waals surface area contributed by atoms with Crippen LogP contribution in [0.15, 0.2) is 17.3 Å². The van der Waals surface area contributed by atoms with Crippen molar-refractivity contribution in [2.75, 3.05) is 13.2 Å². The molecule has 0 aromatic heterocycles. The zero-order chi connectivity index (χ0) is 12.1. The van der Waals surface area contributed by atoms with Crippen LogP contribution in [0.25, 0.3) is 0 Å². The first-order chi connectivity index (χ1) is 7.54. The first-order valence-electron chi connectivity index (χ1n) is 4.29. The fourth-order valence-electron chi connectivity index (χ4n) is 0.969. The fraction of sp³-hybridized carbons (Fsp3) is 0.333. The average Bonchev–Trinajstić information content (AvgIpc) is 2.75. The Bertz CT molecular complexity index is 351. The van der Waals surface area contributed by atoms with Crippen LogP contribution in [0, 0.1) is 0 Å². The normalized spacial score (nSPS) is 21.6. The number of carbonyl (C=O) groups excluding carboxylic acids is 3. The summed E-state index contributed by atoms with van der Waals surface area (Å²) in [6.45, 7) is 3.54. The number of oxime groups is 1. The standard InChI is InChI=1S/C5H5NO3.C4H4O3/c1-3-2-9-5(7)4(3)6-8;5-3-1-4(6)7-2-3/h8H,1-2H2;1-2H2/b6-4+;. The van der Waals surface area contributed by atoms with Crippen molar-refractivity contribution < 1.29 is 29.1 Å². The van der Waals surface area contributed by atoms with Crippen LogP contribution in [0.4, 0.5) is 0 Å². The molecule has 2 saturated heterocycles. The minimum Gasteiger partial charge on any atom is -0.457 e. The molecule has 2 aliphatic heterocycles. The van der Waals surface area contributed by atoms with Gasteiger partial charge in [0.05, 0.1) is 0 Å². The van der Waals surface area contributed by atoms with Gasteiger partial charge in [-0.05, 0) is 0 Å². The van der Waals surface area contributed by atoms with Gasteiger partial charge in [-0.1, -0.05) is 11.7 Å². The van der Waals surface area contributed by atoms with Crippen LogP contribution in [-0.2, 0) is 23.9 Å². The second kappa shape index (κ2) is 5.06. The quantitative estimate of drug-likeness (QED) is 0.257. The highest BCUT2D eigenvalue weighted by atomic mass is 16.5. The first kappa shape index (κ1) is 11.9. The van der Waals surface area contributed by atoms with Gasteiger partial charge < -0.3 is 14.7 Å². The summed E-state index contributed by atoms with van der Waals surface area (Å²) in [5, 5.41) is 10.8. The summed E-state index contributed by atoms with van der Waals surface area (Å²) in [6, 6.07) is 0. The van der Waals surface area contributed by atoms with Crippen molar-refractivity contribution >= 4 is 23.4 Å². The van der Waals surface area contributed by atoms with Gasteiger partial charge in [-0.15, -0.1) is 0 Å². The Balaban J connectivity index is 0.000000165. The molecule has 0 unspecified atom stereocenters. The van der Waals surface area contributed by atoms with Gasteiger partial charge >= 0.3 is 11.9 Å². The molecule has 0 atom stereocenters. The van der Waals surface area contributed by atoms with E-state index in [-0.39, 0.29) is 31.1 Å². The Labute approximate surface area is 90.3 Å². The second-order valence-corrected chi connectivity index (χ2v) is 3.00. The number of Topliss-reactive ketones (excluding diaryl/α,β-unsaturated/α-hetero) is 1. The molecular formula is C9H9NO6. The van der Waals surface area contributed by atoms with E-state index in [2.05, 4.69) is 21.2 Å². The molecule has 1 N–H and O–H groups in total. The summed E-state index contributed by atoms with van der Waals surface area (Å²) in [6.07, 6.45) is -0.0278. The number of rotatable bonds is 0. The Hall–Kier alpha value is -2.18. The van der Waals surface area contributed by atoms with Gasteiger partial charge in [0.1, 0.15) is 13.0 Å². The summed E-state index contributed by atoms with van der Waals surface area (Å²) >= 11 is 0. The van der Waals surface area contributed by atoms with E-state index in [9.17, 15) is 14.4 Å². The largest absolute Gasteiger partial charge is 0.457 e. The van der Waals surface area contributed by atoms with Gasteiger partial charge in [0.25, 0.3) is 0 Å². The van der Waals surface area contributed by atoms with Crippen LogP contribution in [0.1, 0.15) is 6.42 Å². The van der Waals surface area contributed by atoms with Gasteiger partial charge in [-0.3, -0.25) is 9.59 Å². The summed E-state index contributed by atoms with van der Waals surface area (Å²) in [5.41, 5.74) is 0.345. The van der Waals surface area contributed by atoms with Gasteiger partial charge in [-0.2, -0.15) is 0 Å². The molecule has 7 nitrogen and oxygen atoms in total. The van der Waals surface area contributed by atoms with Crippen LogP contribution in [-0.4, -0.2) is 41.9 Å². The van der Waals surface area contributed by atoms with Crippen molar-refractivity contribution in [3.8, 4) is 0 Å². The number of ketones is 1. The van der Waals surface area contributed by atoms with Crippen molar-refractivity contribution in [2.24, 2.45) is 5.16 Å². The lowest BCUT2D eigenvalue weighted by atomic mass is 10.2. The molecule has 2 fully saturated rings. The van der Waals surface area contributed by atoms with E-state index in [1.54, 1.807) is 0 Å². The van der Waals surface area contributed by atoms with Crippen molar-refractivity contribution in [1.29, 1.82) is 0 Å². The lowest BCUT2D eigenvalue weighted by molar-refractivity contribution is -0.138. The molecule has 2 rings (SSSR count). The molecule has 0 aromatic rings. The van der Waals surface area contributed by atoms with Gasteiger partial charge in [0, 0.05) is 5.57 Å². The predicted molar refractivity (Wildman–Crippen MR) is 49.9 cm³/mol. The number of hydrogen-bond acceptors (Lipinski definition) is 7. The fourth-order valence-corrected chi connectivity index (χ4v) is 0.969. The first-order valence-corrected chi connectivity index (χ1v) is 4.29. The summed E-state index contributed by atoms with van der Waals surface area (Å²) in [5.74, 6) is -1.13. The maximum absolute atomic E-state index is 10.4. The monoisotopic (exact) mass is 227 g/mol. The van der Waals surface area contributed by atoms with E-state index in [1.165, 1.54) is 0 Å². The SMILES string of the molecule is C=C1COC(=O)/C1=N/O.O=C1COC(=O)C1. The number of esters is 2. The Morgan fingerprint density at radius 3 is 2.06 bits per heavy atom. The van der Waals surface area contributed by atoms with E-state index in [0.29, 0.717) is 5.57 Å². The van der Waals surface area contributed by atoms with E-state index in [1.807, 2.05) is 0 Å². The molecule has 0 aliphatic carbocycles. The van der Waals surface area contributed by atoms with Crippen LogP contribution in [0.2, 0.25) is 0 Å². The highest BCUT2D eigenvalue weighted by molar-refractivity contribution is 6.44. The molecule has 7 heteroatoms. The lowest BCUT2D eigenvalue weighted by Crippen LogP contribution is -2.06. The molecule has 0 bridgehead atoms. The highest BCUT2D eigenvalue weighted by Gasteiger charge is 2.25. The maximum atomic E-state index is 10.4. The number of carbonyl (C=O) groups is 3. The Kier molecular flexibility index (Phi) is 3.76. The molecule has 86 valence electrons. The number of cyclic esters (lactones) is 2. The van der Waals surface area contributed by atoms with E-state index < -0.39 is 11.9 Å². The van der Waals surface area contributed by atoms with E-state index in [0.717, 1.165) is 0 Å². The lowest BCUT2D eigenvalue weighted by Gasteiger charge is -1.82. The van der Waals surface area contributed by atoms with Gasteiger partial charge in [-0.25, -0.2) is 4.79 Å². The van der Waals surface area contributed by atoms with Crippen LogP contribution >= 0.6 is 0 Å². The Morgan fingerprint density at radius 1 is 1.19 bits per heavy atom. The molecule has 0 saturated carbocycles. The van der Waals surface area contributed by atoms with Crippen molar-refractivity contribution in [1.82, 2.24) is 0 Å². The molecule has 0 aromatic carbocycles. The van der Waals surface area contributed by atoms with Crippen LogP contribution in [0.5, 0.6) is 0 Å². The minimum atomic E-state index is -0.609. The molecule has 0 radical (unpaired) electrons. The number of ether oxygens (including phenoxy) is 2. The maximum Gasteiger partial charge on any atom is 0.361 e. The van der Waals surface area contributed by atoms with E-state index in [4.69, 9.17) is 5.21 Å². The molecule has 2 heterocycles. The third-order valence-corrected chi connectivity index (χ3v) is 1.74. The van der Waals surface area contributed by atoms with Crippen molar-refractivity contribution in [3.63, 3.8) is 0 Å². The molecule has 16 heavy (non-hydrogen) atoms. The van der Waals surface area contributed by atoms with Gasteiger partial charge in [0.2, 0.25) is 0 Å². The third kappa shape index (κ3) is 2.91. The van der Waals surface area contributed by atoms with Crippen LogP contribution < -0.4 is 0 Å². The van der Waals surface area contributed by atoms with Crippen molar-refractivity contribution in [2.45, 2.75) is 6.42 Å². The molecule has 0 spiro atoms. The number of nitrogens with zero attached hydrogens (tertiary/aromatic N) is 1.